The van der Waals surface area contributed by atoms with Crippen LogP contribution in [0.4, 0.5) is 0 Å². The number of aromatic nitrogens is 1. The molecule has 0 unspecified atom stereocenters. The summed E-state index contributed by atoms with van der Waals surface area (Å²) in [6, 6.07) is 1.95. The molecule has 0 amide bonds. The van der Waals surface area contributed by atoms with Gasteiger partial charge in [-0.05, 0) is 6.42 Å². The molecule has 2 heteroatoms. The lowest BCUT2D eigenvalue weighted by Crippen LogP contribution is -2.15. The van der Waals surface area contributed by atoms with Gasteiger partial charge in [0, 0.05) is 11.5 Å². The van der Waals surface area contributed by atoms with E-state index in [9.17, 15) is 0 Å². The Bertz CT molecular complexity index is 214. The summed E-state index contributed by atoms with van der Waals surface area (Å²) in [6.45, 7) is 6.60. The maximum atomic E-state index is 5.15. The number of hydrogen-bond donors (Lipinski definition) is 0. The fourth-order valence-corrected chi connectivity index (χ4v) is 1.31. The minimum Gasteiger partial charge on any atom is -0.361 e. The first-order valence-corrected chi connectivity index (χ1v) is 4.58. The number of rotatable bonds is 4. The van der Waals surface area contributed by atoms with Crippen molar-refractivity contribution in [2.24, 2.45) is 0 Å². The van der Waals surface area contributed by atoms with Crippen LogP contribution in [0, 0.1) is 0 Å². The van der Waals surface area contributed by atoms with E-state index in [1.54, 1.807) is 6.20 Å². The molecular formula is C10H17NO. The van der Waals surface area contributed by atoms with Crippen LogP contribution in [-0.4, -0.2) is 5.16 Å². The molecule has 0 aliphatic heterocycles. The van der Waals surface area contributed by atoms with Crippen LogP contribution in [0.1, 0.15) is 45.8 Å². The molecule has 0 aliphatic carbocycles. The molecule has 2 nitrogen and oxygen atoms in total. The minimum absolute atomic E-state index is 0.145. The lowest BCUT2D eigenvalue weighted by Gasteiger charge is -2.20. The fourth-order valence-electron chi connectivity index (χ4n) is 1.31. The summed E-state index contributed by atoms with van der Waals surface area (Å²) in [5.41, 5.74) is 0.145. The molecule has 0 saturated heterocycles. The predicted molar refractivity (Wildman–Crippen MR) is 49.1 cm³/mol. The molecule has 1 rings (SSSR count). The Morgan fingerprint density at radius 3 is 2.75 bits per heavy atom. The second kappa shape index (κ2) is 3.74. The van der Waals surface area contributed by atoms with E-state index in [-0.39, 0.29) is 5.41 Å². The molecule has 0 aliphatic rings. The van der Waals surface area contributed by atoms with Gasteiger partial charge in [-0.1, -0.05) is 38.8 Å². The summed E-state index contributed by atoms with van der Waals surface area (Å²) in [5, 5.41) is 3.72. The van der Waals surface area contributed by atoms with Gasteiger partial charge >= 0.3 is 0 Å². The van der Waals surface area contributed by atoms with Crippen molar-refractivity contribution >= 4 is 0 Å². The summed E-state index contributed by atoms with van der Waals surface area (Å²) < 4.78 is 5.15. The van der Waals surface area contributed by atoms with Crippen molar-refractivity contribution in [2.75, 3.05) is 0 Å². The van der Waals surface area contributed by atoms with Crippen molar-refractivity contribution < 1.29 is 4.52 Å². The van der Waals surface area contributed by atoms with E-state index in [2.05, 4.69) is 25.9 Å². The Morgan fingerprint density at radius 1 is 1.50 bits per heavy atom. The van der Waals surface area contributed by atoms with Gasteiger partial charge in [0.15, 0.2) is 0 Å². The highest BCUT2D eigenvalue weighted by Crippen LogP contribution is 2.28. The van der Waals surface area contributed by atoms with Gasteiger partial charge in [0.25, 0.3) is 0 Å². The molecule has 0 atom stereocenters. The topological polar surface area (TPSA) is 26.0 Å². The molecule has 0 radical (unpaired) electrons. The zero-order valence-corrected chi connectivity index (χ0v) is 8.13. The Kier molecular flexibility index (Phi) is 2.90. The molecule has 68 valence electrons. The summed E-state index contributed by atoms with van der Waals surface area (Å²) in [5.74, 6) is 0.996. The maximum Gasteiger partial charge on any atom is 0.142 e. The van der Waals surface area contributed by atoms with Gasteiger partial charge in [-0.25, -0.2) is 0 Å². The first-order valence-electron chi connectivity index (χ1n) is 4.58. The Balaban J connectivity index is 2.59. The van der Waals surface area contributed by atoms with E-state index < -0.39 is 0 Å². The predicted octanol–water partition coefficient (Wildman–Crippen LogP) is 3.14. The highest BCUT2D eigenvalue weighted by atomic mass is 16.5. The number of unbranched alkanes of at least 4 members (excludes halogenated alkanes) is 1. The molecule has 0 spiro atoms. The van der Waals surface area contributed by atoms with Gasteiger partial charge in [-0.3, -0.25) is 0 Å². The highest BCUT2D eigenvalue weighted by molar-refractivity contribution is 5.07. The second-order valence-corrected chi connectivity index (χ2v) is 3.86. The maximum absolute atomic E-state index is 5.15. The van der Waals surface area contributed by atoms with E-state index in [0.29, 0.717) is 0 Å². The smallest absolute Gasteiger partial charge is 0.142 e. The third-order valence-electron chi connectivity index (χ3n) is 2.26. The first-order chi connectivity index (χ1) is 5.67. The molecule has 0 bridgehead atoms. The molecule has 0 fully saturated rings. The molecule has 1 aromatic rings. The van der Waals surface area contributed by atoms with Crippen LogP contribution in [0.2, 0.25) is 0 Å². The average molecular weight is 167 g/mol. The van der Waals surface area contributed by atoms with Crippen LogP contribution >= 0.6 is 0 Å². The lowest BCUT2D eigenvalue weighted by atomic mass is 9.85. The van der Waals surface area contributed by atoms with Crippen LogP contribution in [0.5, 0.6) is 0 Å². The van der Waals surface area contributed by atoms with Gasteiger partial charge in [0.1, 0.15) is 5.76 Å². The number of nitrogens with zero attached hydrogens (tertiary/aromatic N) is 1. The largest absolute Gasteiger partial charge is 0.361 e. The van der Waals surface area contributed by atoms with E-state index in [1.807, 2.05) is 6.07 Å². The first kappa shape index (κ1) is 9.30. The van der Waals surface area contributed by atoms with Crippen LogP contribution in [0.25, 0.3) is 0 Å². The summed E-state index contributed by atoms with van der Waals surface area (Å²) >= 11 is 0. The third-order valence-corrected chi connectivity index (χ3v) is 2.26. The quantitative estimate of drug-likeness (QED) is 0.688. The van der Waals surface area contributed by atoms with Gasteiger partial charge in [0.05, 0.1) is 6.20 Å². The zero-order chi connectivity index (χ0) is 9.03. The molecule has 0 aromatic carbocycles. The van der Waals surface area contributed by atoms with Crippen molar-refractivity contribution in [3.8, 4) is 0 Å². The van der Waals surface area contributed by atoms with Gasteiger partial charge < -0.3 is 4.52 Å². The second-order valence-electron chi connectivity index (χ2n) is 3.86. The fraction of sp³-hybridized carbons (Fsp3) is 0.700. The molecule has 1 aromatic heterocycles. The van der Waals surface area contributed by atoms with Crippen LogP contribution in [-0.2, 0) is 5.41 Å². The SMILES string of the molecule is CCCCC(C)(C)c1ccno1. The molecule has 0 saturated carbocycles. The molecule has 1 heterocycles. The lowest BCUT2D eigenvalue weighted by molar-refractivity contribution is 0.300. The van der Waals surface area contributed by atoms with Crippen molar-refractivity contribution in [1.82, 2.24) is 5.16 Å². The van der Waals surface area contributed by atoms with Gasteiger partial charge in [-0.15, -0.1) is 0 Å². The van der Waals surface area contributed by atoms with E-state index >= 15 is 0 Å². The van der Waals surface area contributed by atoms with Crippen molar-refractivity contribution in [2.45, 2.75) is 45.4 Å². The summed E-state index contributed by atoms with van der Waals surface area (Å²) in [6.07, 6.45) is 5.35. The normalized spacial score (nSPS) is 11.9. The van der Waals surface area contributed by atoms with E-state index in [4.69, 9.17) is 4.52 Å². The Hall–Kier alpha value is -0.790. The van der Waals surface area contributed by atoms with Crippen molar-refractivity contribution in [3.05, 3.63) is 18.0 Å². The van der Waals surface area contributed by atoms with Gasteiger partial charge in [-0.2, -0.15) is 0 Å². The number of hydrogen-bond acceptors (Lipinski definition) is 2. The molecule has 12 heavy (non-hydrogen) atoms. The molecule has 0 N–H and O–H groups in total. The third kappa shape index (κ3) is 2.10. The minimum atomic E-state index is 0.145. The van der Waals surface area contributed by atoms with Crippen molar-refractivity contribution in [3.63, 3.8) is 0 Å². The Labute approximate surface area is 74.0 Å². The van der Waals surface area contributed by atoms with Crippen LogP contribution < -0.4 is 0 Å². The monoisotopic (exact) mass is 167 g/mol. The zero-order valence-electron chi connectivity index (χ0n) is 8.13. The standard InChI is InChI=1S/C10H17NO/c1-4-5-7-10(2,3)9-6-8-11-12-9/h6,8H,4-5,7H2,1-3H3. The Morgan fingerprint density at radius 2 is 2.25 bits per heavy atom. The van der Waals surface area contributed by atoms with E-state index in [1.165, 1.54) is 19.3 Å². The van der Waals surface area contributed by atoms with E-state index in [0.717, 1.165) is 5.76 Å². The summed E-state index contributed by atoms with van der Waals surface area (Å²) in [7, 11) is 0. The summed E-state index contributed by atoms with van der Waals surface area (Å²) in [4.78, 5) is 0. The van der Waals surface area contributed by atoms with Crippen molar-refractivity contribution in [1.29, 1.82) is 0 Å². The highest BCUT2D eigenvalue weighted by Gasteiger charge is 2.23. The van der Waals surface area contributed by atoms with Crippen LogP contribution in [0.3, 0.4) is 0 Å². The average Bonchev–Trinajstić information content (AvgIpc) is 2.53. The van der Waals surface area contributed by atoms with Crippen LogP contribution in [0.15, 0.2) is 16.8 Å². The van der Waals surface area contributed by atoms with Gasteiger partial charge in [0.2, 0.25) is 0 Å². The molecular weight excluding hydrogens is 150 g/mol.